The van der Waals surface area contributed by atoms with E-state index in [1.54, 1.807) is 24.3 Å². The first-order chi connectivity index (χ1) is 9.93. The van der Waals surface area contributed by atoms with Crippen molar-refractivity contribution in [3.63, 3.8) is 0 Å². The standard InChI is InChI=1S/C16H26ClNO3/c1-16(2,8-3-9-19)12-18-10-14(20)11-21-15-6-4-13(17)5-7-15/h4-7,14,18-20H,3,8-12H2,1-2H3. The molecule has 0 saturated heterocycles. The number of ether oxygens (including phenoxy) is 1. The third-order valence-electron chi connectivity index (χ3n) is 3.25. The van der Waals surface area contributed by atoms with E-state index in [-0.39, 0.29) is 18.6 Å². The predicted octanol–water partition coefficient (Wildman–Crippen LogP) is 2.47. The molecule has 1 aromatic carbocycles. The van der Waals surface area contributed by atoms with Crippen molar-refractivity contribution in [2.75, 3.05) is 26.3 Å². The van der Waals surface area contributed by atoms with Crippen LogP contribution in [0.5, 0.6) is 5.75 Å². The van der Waals surface area contributed by atoms with Crippen LogP contribution in [-0.2, 0) is 0 Å². The third-order valence-corrected chi connectivity index (χ3v) is 3.50. The molecule has 0 aliphatic carbocycles. The van der Waals surface area contributed by atoms with Gasteiger partial charge in [0.1, 0.15) is 18.5 Å². The summed E-state index contributed by atoms with van der Waals surface area (Å²) in [6.45, 7) is 6.03. The molecule has 21 heavy (non-hydrogen) atoms. The summed E-state index contributed by atoms with van der Waals surface area (Å²) >= 11 is 5.79. The van der Waals surface area contributed by atoms with E-state index in [1.165, 1.54) is 0 Å². The van der Waals surface area contributed by atoms with Crippen LogP contribution in [0.2, 0.25) is 5.02 Å². The molecule has 0 amide bonds. The lowest BCUT2D eigenvalue weighted by molar-refractivity contribution is 0.103. The van der Waals surface area contributed by atoms with Crippen molar-refractivity contribution in [2.45, 2.75) is 32.8 Å². The minimum atomic E-state index is -0.561. The van der Waals surface area contributed by atoms with Gasteiger partial charge in [0.05, 0.1) is 0 Å². The van der Waals surface area contributed by atoms with Crippen LogP contribution in [0.1, 0.15) is 26.7 Å². The van der Waals surface area contributed by atoms with Gasteiger partial charge < -0.3 is 20.3 Å². The Hall–Kier alpha value is -0.810. The van der Waals surface area contributed by atoms with Crippen molar-refractivity contribution >= 4 is 11.6 Å². The molecular weight excluding hydrogens is 290 g/mol. The van der Waals surface area contributed by atoms with Gasteiger partial charge in [0.15, 0.2) is 0 Å². The van der Waals surface area contributed by atoms with Crippen LogP contribution in [-0.4, -0.2) is 42.6 Å². The molecule has 0 heterocycles. The number of hydrogen-bond donors (Lipinski definition) is 3. The zero-order valence-electron chi connectivity index (χ0n) is 12.8. The van der Waals surface area contributed by atoms with Gasteiger partial charge in [-0.1, -0.05) is 25.4 Å². The molecule has 0 aromatic heterocycles. The summed E-state index contributed by atoms with van der Waals surface area (Å²) < 4.78 is 5.49. The average Bonchev–Trinajstić information content (AvgIpc) is 2.44. The van der Waals surface area contributed by atoms with Crippen LogP contribution in [0.3, 0.4) is 0 Å². The first-order valence-corrected chi connectivity index (χ1v) is 7.69. The molecule has 0 aliphatic heterocycles. The first-order valence-electron chi connectivity index (χ1n) is 7.31. The second-order valence-electron chi connectivity index (χ2n) is 6.04. The van der Waals surface area contributed by atoms with Gasteiger partial charge in [0.25, 0.3) is 0 Å². The summed E-state index contributed by atoms with van der Waals surface area (Å²) in [4.78, 5) is 0. The Morgan fingerprint density at radius 2 is 1.95 bits per heavy atom. The van der Waals surface area contributed by atoms with Crippen LogP contribution < -0.4 is 10.1 Å². The van der Waals surface area contributed by atoms with Crippen molar-refractivity contribution in [1.29, 1.82) is 0 Å². The molecule has 0 radical (unpaired) electrons. The number of benzene rings is 1. The van der Waals surface area contributed by atoms with Gasteiger partial charge in [-0.15, -0.1) is 0 Å². The summed E-state index contributed by atoms with van der Waals surface area (Å²) in [6.07, 6.45) is 1.19. The Labute approximate surface area is 132 Å². The van der Waals surface area contributed by atoms with E-state index in [1.807, 2.05) is 0 Å². The first kappa shape index (κ1) is 18.2. The van der Waals surface area contributed by atoms with Crippen molar-refractivity contribution < 1.29 is 14.9 Å². The fraction of sp³-hybridized carbons (Fsp3) is 0.625. The van der Waals surface area contributed by atoms with Crippen molar-refractivity contribution in [3.05, 3.63) is 29.3 Å². The van der Waals surface area contributed by atoms with Gasteiger partial charge in [-0.3, -0.25) is 0 Å². The lowest BCUT2D eigenvalue weighted by atomic mass is 9.88. The zero-order chi connectivity index (χ0) is 15.7. The van der Waals surface area contributed by atoms with Crippen molar-refractivity contribution in [3.8, 4) is 5.75 Å². The molecule has 0 aliphatic rings. The van der Waals surface area contributed by atoms with E-state index >= 15 is 0 Å². The number of rotatable bonds is 10. The molecule has 1 atom stereocenters. The predicted molar refractivity (Wildman–Crippen MR) is 85.9 cm³/mol. The molecule has 1 rings (SSSR count). The number of nitrogens with one attached hydrogen (secondary N) is 1. The van der Waals surface area contributed by atoms with Gasteiger partial charge in [-0.05, 0) is 42.5 Å². The highest BCUT2D eigenvalue weighted by Gasteiger charge is 2.17. The van der Waals surface area contributed by atoms with Crippen molar-refractivity contribution in [1.82, 2.24) is 5.32 Å². The molecule has 0 saturated carbocycles. The van der Waals surface area contributed by atoms with E-state index < -0.39 is 6.10 Å². The minimum Gasteiger partial charge on any atom is -0.491 e. The molecule has 3 N–H and O–H groups in total. The topological polar surface area (TPSA) is 61.7 Å². The summed E-state index contributed by atoms with van der Waals surface area (Å²) in [6, 6.07) is 7.07. The Bertz CT molecular complexity index is 395. The number of aliphatic hydroxyl groups excluding tert-OH is 2. The molecule has 4 nitrogen and oxygen atoms in total. The maximum absolute atomic E-state index is 9.88. The van der Waals surface area contributed by atoms with E-state index in [2.05, 4.69) is 19.2 Å². The van der Waals surface area contributed by atoms with Gasteiger partial charge in [0.2, 0.25) is 0 Å². The number of aliphatic hydroxyl groups is 2. The third kappa shape index (κ3) is 8.27. The van der Waals surface area contributed by atoms with Gasteiger partial charge in [-0.2, -0.15) is 0 Å². The molecule has 1 unspecified atom stereocenters. The maximum atomic E-state index is 9.88. The lowest BCUT2D eigenvalue weighted by Gasteiger charge is -2.25. The largest absolute Gasteiger partial charge is 0.491 e. The van der Waals surface area contributed by atoms with Gasteiger partial charge in [0, 0.05) is 24.7 Å². The zero-order valence-corrected chi connectivity index (χ0v) is 13.6. The smallest absolute Gasteiger partial charge is 0.119 e. The van der Waals surface area contributed by atoms with Gasteiger partial charge >= 0.3 is 0 Å². The van der Waals surface area contributed by atoms with Crippen LogP contribution in [0, 0.1) is 5.41 Å². The normalized spacial score (nSPS) is 13.2. The maximum Gasteiger partial charge on any atom is 0.119 e. The SMILES string of the molecule is CC(C)(CCCO)CNCC(O)COc1ccc(Cl)cc1. The van der Waals surface area contributed by atoms with E-state index in [9.17, 15) is 5.11 Å². The molecule has 0 fully saturated rings. The minimum absolute atomic E-state index is 0.111. The highest BCUT2D eigenvalue weighted by Crippen LogP contribution is 2.20. The van der Waals surface area contributed by atoms with Gasteiger partial charge in [-0.25, -0.2) is 0 Å². The molecule has 120 valence electrons. The molecular formula is C16H26ClNO3. The Morgan fingerprint density at radius 3 is 2.57 bits per heavy atom. The van der Waals surface area contributed by atoms with E-state index in [4.69, 9.17) is 21.4 Å². The quantitative estimate of drug-likeness (QED) is 0.621. The summed E-state index contributed by atoms with van der Waals surface area (Å²) in [5.41, 5.74) is 0.111. The average molecular weight is 316 g/mol. The second kappa shape index (κ2) is 9.26. The molecule has 0 spiro atoms. The summed E-state index contributed by atoms with van der Waals surface area (Å²) in [5.74, 6) is 0.696. The lowest BCUT2D eigenvalue weighted by Crippen LogP contribution is -2.37. The number of hydrogen-bond acceptors (Lipinski definition) is 4. The van der Waals surface area contributed by atoms with Crippen molar-refractivity contribution in [2.24, 2.45) is 5.41 Å². The summed E-state index contributed by atoms with van der Waals surface area (Å²) in [7, 11) is 0. The fourth-order valence-electron chi connectivity index (χ4n) is 2.01. The van der Waals surface area contributed by atoms with Crippen LogP contribution in [0.4, 0.5) is 0 Å². The Morgan fingerprint density at radius 1 is 1.29 bits per heavy atom. The number of halogens is 1. The molecule has 0 bridgehead atoms. The van der Waals surface area contributed by atoms with Crippen LogP contribution in [0.25, 0.3) is 0 Å². The van der Waals surface area contributed by atoms with E-state index in [0.29, 0.717) is 17.3 Å². The molecule has 5 heteroatoms. The van der Waals surface area contributed by atoms with E-state index in [0.717, 1.165) is 19.4 Å². The molecule has 1 aromatic rings. The summed E-state index contributed by atoms with van der Waals surface area (Å²) in [5, 5.41) is 22.6. The monoisotopic (exact) mass is 315 g/mol. The highest BCUT2D eigenvalue weighted by atomic mass is 35.5. The fourth-order valence-corrected chi connectivity index (χ4v) is 2.13. The second-order valence-corrected chi connectivity index (χ2v) is 6.48. The Balaban J connectivity index is 2.19. The Kier molecular flexibility index (Phi) is 8.04. The van der Waals surface area contributed by atoms with Crippen LogP contribution in [0.15, 0.2) is 24.3 Å². The van der Waals surface area contributed by atoms with Crippen LogP contribution >= 0.6 is 11.6 Å². The highest BCUT2D eigenvalue weighted by molar-refractivity contribution is 6.30.